The lowest BCUT2D eigenvalue weighted by molar-refractivity contribution is -0.117. The number of carbonyl (C=O) groups is 1. The van der Waals surface area contributed by atoms with E-state index in [1.165, 1.54) is 0 Å². The van der Waals surface area contributed by atoms with Crippen molar-refractivity contribution in [2.24, 2.45) is 0 Å². The molecule has 146 valence electrons. The molecule has 0 spiro atoms. The van der Waals surface area contributed by atoms with Gasteiger partial charge in [0.2, 0.25) is 5.91 Å². The number of benzene rings is 2. The molecular formula is C22H25ClN4O. The first-order chi connectivity index (χ1) is 13.3. The Morgan fingerprint density at radius 1 is 1.14 bits per heavy atom. The first kappa shape index (κ1) is 20.1. The average Bonchev–Trinajstić information content (AvgIpc) is 2.93. The van der Waals surface area contributed by atoms with E-state index in [4.69, 9.17) is 11.6 Å². The first-order valence-corrected chi connectivity index (χ1v) is 9.58. The largest absolute Gasteiger partial charge is 0.324 e. The standard InChI is InChI=1S/C22H25ClN4O/c1-15-10-11-21(20(23)12-15)24-22(28)14-26(4)13-19-16(2)25-27(17(19)3)18-8-6-5-7-9-18/h5-12H,13-14H2,1-4H3,(H,24,28). The fraction of sp³-hybridized carbons (Fsp3) is 0.273. The van der Waals surface area contributed by atoms with Crippen molar-refractivity contribution in [2.75, 3.05) is 18.9 Å². The highest BCUT2D eigenvalue weighted by Crippen LogP contribution is 2.23. The van der Waals surface area contributed by atoms with Crippen LogP contribution in [0.3, 0.4) is 0 Å². The van der Waals surface area contributed by atoms with E-state index in [2.05, 4.69) is 17.3 Å². The smallest absolute Gasteiger partial charge is 0.238 e. The summed E-state index contributed by atoms with van der Waals surface area (Å²) in [5, 5.41) is 8.10. The van der Waals surface area contributed by atoms with Crippen LogP contribution in [0, 0.1) is 20.8 Å². The van der Waals surface area contributed by atoms with Crippen molar-refractivity contribution in [3.8, 4) is 5.69 Å². The predicted octanol–water partition coefficient (Wildman–Crippen LogP) is 4.52. The molecule has 0 radical (unpaired) electrons. The van der Waals surface area contributed by atoms with E-state index in [0.29, 0.717) is 17.3 Å². The van der Waals surface area contributed by atoms with Gasteiger partial charge >= 0.3 is 0 Å². The van der Waals surface area contributed by atoms with Gasteiger partial charge in [-0.1, -0.05) is 35.9 Å². The van der Waals surface area contributed by atoms with Gasteiger partial charge in [-0.05, 0) is 57.6 Å². The second-order valence-corrected chi connectivity index (χ2v) is 7.51. The lowest BCUT2D eigenvalue weighted by atomic mass is 10.2. The molecule has 0 saturated heterocycles. The van der Waals surface area contributed by atoms with Crippen molar-refractivity contribution in [2.45, 2.75) is 27.3 Å². The Morgan fingerprint density at radius 2 is 1.86 bits per heavy atom. The topological polar surface area (TPSA) is 50.2 Å². The molecule has 1 heterocycles. The number of aromatic nitrogens is 2. The van der Waals surface area contributed by atoms with Crippen molar-refractivity contribution in [1.29, 1.82) is 0 Å². The number of hydrogen-bond acceptors (Lipinski definition) is 3. The molecule has 0 fully saturated rings. The maximum absolute atomic E-state index is 12.4. The van der Waals surface area contributed by atoms with Crippen LogP contribution in [0.1, 0.15) is 22.5 Å². The molecule has 0 aliphatic heterocycles. The van der Waals surface area contributed by atoms with Crippen LogP contribution in [0.4, 0.5) is 5.69 Å². The summed E-state index contributed by atoms with van der Waals surface area (Å²) in [6.45, 7) is 6.93. The van der Waals surface area contributed by atoms with Gasteiger partial charge in [0.1, 0.15) is 0 Å². The number of carbonyl (C=O) groups excluding carboxylic acids is 1. The number of hydrogen-bond donors (Lipinski definition) is 1. The van der Waals surface area contributed by atoms with Gasteiger partial charge in [0, 0.05) is 17.8 Å². The van der Waals surface area contributed by atoms with Crippen molar-refractivity contribution in [3.05, 3.63) is 76.1 Å². The Morgan fingerprint density at radius 3 is 2.54 bits per heavy atom. The minimum Gasteiger partial charge on any atom is -0.324 e. The molecule has 0 bridgehead atoms. The van der Waals surface area contributed by atoms with Crippen LogP contribution in [-0.2, 0) is 11.3 Å². The summed E-state index contributed by atoms with van der Waals surface area (Å²) in [5.74, 6) is -0.0981. The summed E-state index contributed by atoms with van der Waals surface area (Å²) in [4.78, 5) is 14.4. The molecule has 3 aromatic rings. The van der Waals surface area contributed by atoms with Gasteiger partial charge < -0.3 is 5.32 Å². The lowest BCUT2D eigenvalue weighted by Gasteiger charge is -2.17. The van der Waals surface area contributed by atoms with E-state index < -0.39 is 0 Å². The van der Waals surface area contributed by atoms with Crippen LogP contribution in [0.25, 0.3) is 5.69 Å². The van der Waals surface area contributed by atoms with Crippen molar-refractivity contribution >= 4 is 23.2 Å². The number of rotatable bonds is 6. The van der Waals surface area contributed by atoms with Crippen LogP contribution in [0.15, 0.2) is 48.5 Å². The molecule has 28 heavy (non-hydrogen) atoms. The van der Waals surface area contributed by atoms with Gasteiger partial charge in [0.05, 0.1) is 28.6 Å². The van der Waals surface area contributed by atoms with Gasteiger partial charge in [0.15, 0.2) is 0 Å². The van der Waals surface area contributed by atoms with Gasteiger partial charge in [-0.2, -0.15) is 5.10 Å². The molecule has 0 atom stereocenters. The lowest BCUT2D eigenvalue weighted by Crippen LogP contribution is -2.30. The quantitative estimate of drug-likeness (QED) is 0.666. The fourth-order valence-corrected chi connectivity index (χ4v) is 3.49. The maximum Gasteiger partial charge on any atom is 0.238 e. The zero-order chi connectivity index (χ0) is 20.3. The predicted molar refractivity (Wildman–Crippen MR) is 114 cm³/mol. The Balaban J connectivity index is 1.67. The number of halogens is 1. The zero-order valence-corrected chi connectivity index (χ0v) is 17.4. The molecule has 0 aliphatic carbocycles. The van der Waals surface area contributed by atoms with Crippen molar-refractivity contribution in [1.82, 2.24) is 14.7 Å². The highest BCUT2D eigenvalue weighted by atomic mass is 35.5. The van der Waals surface area contributed by atoms with E-state index >= 15 is 0 Å². The third-order valence-electron chi connectivity index (χ3n) is 4.68. The Hall–Kier alpha value is -2.63. The van der Waals surface area contributed by atoms with Crippen LogP contribution in [-0.4, -0.2) is 34.2 Å². The van der Waals surface area contributed by atoms with Crippen LogP contribution in [0.2, 0.25) is 5.02 Å². The molecule has 3 rings (SSSR count). The summed E-state index contributed by atoms with van der Waals surface area (Å²) in [5.41, 5.74) is 5.90. The van der Waals surface area contributed by atoms with Crippen LogP contribution < -0.4 is 5.32 Å². The monoisotopic (exact) mass is 396 g/mol. The number of para-hydroxylation sites is 1. The number of anilines is 1. The minimum atomic E-state index is -0.0981. The molecule has 5 nitrogen and oxygen atoms in total. The van der Waals surface area contributed by atoms with Gasteiger partial charge in [0.25, 0.3) is 0 Å². The second-order valence-electron chi connectivity index (χ2n) is 7.10. The van der Waals surface area contributed by atoms with E-state index in [-0.39, 0.29) is 12.5 Å². The molecule has 0 aliphatic rings. The average molecular weight is 397 g/mol. The van der Waals surface area contributed by atoms with Gasteiger partial charge in [-0.25, -0.2) is 4.68 Å². The minimum absolute atomic E-state index is 0.0981. The fourth-order valence-electron chi connectivity index (χ4n) is 3.21. The number of amides is 1. The molecular weight excluding hydrogens is 372 g/mol. The Labute approximate surface area is 170 Å². The number of aryl methyl sites for hydroxylation is 2. The molecule has 2 aromatic carbocycles. The molecule has 1 N–H and O–H groups in total. The zero-order valence-electron chi connectivity index (χ0n) is 16.7. The summed E-state index contributed by atoms with van der Waals surface area (Å²) >= 11 is 6.20. The van der Waals surface area contributed by atoms with Gasteiger partial charge in [-0.15, -0.1) is 0 Å². The van der Waals surface area contributed by atoms with Gasteiger partial charge in [-0.3, -0.25) is 9.69 Å². The van der Waals surface area contributed by atoms with Crippen molar-refractivity contribution in [3.63, 3.8) is 0 Å². The summed E-state index contributed by atoms with van der Waals surface area (Å²) in [6.07, 6.45) is 0. The van der Waals surface area contributed by atoms with Crippen molar-refractivity contribution < 1.29 is 4.79 Å². The highest BCUT2D eigenvalue weighted by Gasteiger charge is 2.16. The summed E-state index contributed by atoms with van der Waals surface area (Å²) in [6, 6.07) is 15.6. The van der Waals surface area contributed by atoms with E-state index in [9.17, 15) is 4.79 Å². The van der Waals surface area contributed by atoms with E-state index in [0.717, 1.165) is 28.2 Å². The normalized spacial score (nSPS) is 11.1. The Bertz CT molecular complexity index is 982. The van der Waals surface area contributed by atoms with Crippen LogP contribution >= 0.6 is 11.6 Å². The van der Waals surface area contributed by atoms with Crippen LogP contribution in [0.5, 0.6) is 0 Å². The highest BCUT2D eigenvalue weighted by molar-refractivity contribution is 6.33. The molecule has 0 saturated carbocycles. The number of nitrogens with one attached hydrogen (secondary N) is 1. The molecule has 1 amide bonds. The molecule has 0 unspecified atom stereocenters. The summed E-state index contributed by atoms with van der Waals surface area (Å²) in [7, 11) is 1.93. The first-order valence-electron chi connectivity index (χ1n) is 9.20. The Kier molecular flexibility index (Phi) is 6.17. The number of nitrogens with zero attached hydrogens (tertiary/aromatic N) is 3. The molecule has 1 aromatic heterocycles. The third kappa shape index (κ3) is 4.61. The maximum atomic E-state index is 12.4. The number of likely N-dealkylation sites (N-methyl/N-ethyl adjacent to an activating group) is 1. The SMILES string of the molecule is Cc1ccc(NC(=O)CN(C)Cc2c(C)nn(-c3ccccc3)c2C)c(Cl)c1. The van der Waals surface area contributed by atoms with E-state index in [1.807, 2.05) is 79.0 Å². The molecule has 6 heteroatoms. The summed E-state index contributed by atoms with van der Waals surface area (Å²) < 4.78 is 1.95. The van der Waals surface area contributed by atoms with E-state index in [1.54, 1.807) is 0 Å². The second kappa shape index (κ2) is 8.59. The third-order valence-corrected chi connectivity index (χ3v) is 4.99.